The molecule has 1 atom stereocenters. The van der Waals surface area contributed by atoms with Crippen LogP contribution < -0.4 is 5.32 Å². The quantitative estimate of drug-likeness (QED) is 0.580. The highest BCUT2D eigenvalue weighted by atomic mass is 16.5. The van der Waals surface area contributed by atoms with Gasteiger partial charge in [0.2, 0.25) is 0 Å². The highest BCUT2D eigenvalue weighted by Crippen LogP contribution is 2.04. The normalized spacial score (nSPS) is 21.0. The zero-order chi connectivity index (χ0) is 10.8. The van der Waals surface area contributed by atoms with Crippen LogP contribution in [0.4, 0.5) is 0 Å². The maximum absolute atomic E-state index is 5.55. The van der Waals surface area contributed by atoms with E-state index >= 15 is 0 Å². The van der Waals surface area contributed by atoms with Crippen LogP contribution >= 0.6 is 0 Å². The first kappa shape index (κ1) is 12.9. The van der Waals surface area contributed by atoms with Gasteiger partial charge in [-0.15, -0.1) is 0 Å². The van der Waals surface area contributed by atoms with Gasteiger partial charge in [0, 0.05) is 26.4 Å². The third kappa shape index (κ3) is 6.84. The molecule has 1 heterocycles. The van der Waals surface area contributed by atoms with Crippen LogP contribution in [0, 0.1) is 0 Å². The molecular weight excluding hydrogens is 194 g/mol. The van der Waals surface area contributed by atoms with Crippen LogP contribution in [0.15, 0.2) is 0 Å². The van der Waals surface area contributed by atoms with Crippen molar-refractivity contribution in [3.63, 3.8) is 0 Å². The fourth-order valence-electron chi connectivity index (χ4n) is 1.63. The predicted molar refractivity (Wildman–Crippen MR) is 59.2 cm³/mol. The van der Waals surface area contributed by atoms with Crippen LogP contribution in [0.25, 0.3) is 0 Å². The average molecular weight is 217 g/mol. The van der Waals surface area contributed by atoms with E-state index in [1.807, 2.05) is 0 Å². The fraction of sp³-hybridized carbons (Fsp3) is 1.00. The molecule has 0 saturated carbocycles. The molecule has 0 aromatic heterocycles. The maximum atomic E-state index is 5.55. The Kier molecular flexibility index (Phi) is 7.83. The Labute approximate surface area is 92.3 Å². The van der Waals surface area contributed by atoms with E-state index in [0.29, 0.717) is 19.3 Å². The van der Waals surface area contributed by atoms with E-state index in [1.54, 1.807) is 7.11 Å². The number of nitrogens with one attached hydrogen (secondary N) is 1. The molecule has 4 nitrogen and oxygen atoms in total. The molecule has 0 aliphatic carbocycles. The van der Waals surface area contributed by atoms with Gasteiger partial charge >= 0.3 is 0 Å². The number of hydrogen-bond donors (Lipinski definition) is 1. The number of methoxy groups -OCH3 is 1. The van der Waals surface area contributed by atoms with Crippen LogP contribution in [0.5, 0.6) is 0 Å². The minimum absolute atomic E-state index is 0.583. The lowest BCUT2D eigenvalue weighted by atomic mass is 10.2. The van der Waals surface area contributed by atoms with Crippen LogP contribution in [-0.4, -0.2) is 52.7 Å². The van der Waals surface area contributed by atoms with Crippen molar-refractivity contribution in [3.05, 3.63) is 0 Å². The number of ether oxygens (including phenoxy) is 3. The summed E-state index contributed by atoms with van der Waals surface area (Å²) in [5.74, 6) is 0. The Morgan fingerprint density at radius 3 is 2.73 bits per heavy atom. The summed E-state index contributed by atoms with van der Waals surface area (Å²) in [6.45, 7) is 4.91. The van der Waals surface area contributed by atoms with Gasteiger partial charge in [0.1, 0.15) is 0 Å². The van der Waals surface area contributed by atoms with Gasteiger partial charge < -0.3 is 19.5 Å². The zero-order valence-corrected chi connectivity index (χ0v) is 9.67. The number of hydrogen-bond acceptors (Lipinski definition) is 4. The van der Waals surface area contributed by atoms with Gasteiger partial charge in [-0.3, -0.25) is 0 Å². The number of rotatable bonds is 9. The SMILES string of the molecule is COCCOCCCOC[C@@H]1CCCN1. The van der Waals surface area contributed by atoms with Crippen molar-refractivity contribution in [3.8, 4) is 0 Å². The molecule has 1 aliphatic heterocycles. The largest absolute Gasteiger partial charge is 0.382 e. The van der Waals surface area contributed by atoms with E-state index in [-0.39, 0.29) is 0 Å². The van der Waals surface area contributed by atoms with Gasteiger partial charge in [0.25, 0.3) is 0 Å². The third-order valence-electron chi connectivity index (χ3n) is 2.49. The van der Waals surface area contributed by atoms with Gasteiger partial charge in [-0.1, -0.05) is 0 Å². The first-order valence-corrected chi connectivity index (χ1v) is 5.81. The highest BCUT2D eigenvalue weighted by molar-refractivity contribution is 4.73. The highest BCUT2D eigenvalue weighted by Gasteiger charge is 2.13. The molecule has 4 heteroatoms. The lowest BCUT2D eigenvalue weighted by molar-refractivity contribution is 0.0484. The van der Waals surface area contributed by atoms with Gasteiger partial charge in [-0.05, 0) is 25.8 Å². The molecule has 1 aliphatic rings. The van der Waals surface area contributed by atoms with Crippen molar-refractivity contribution in [2.45, 2.75) is 25.3 Å². The second-order valence-electron chi connectivity index (χ2n) is 3.83. The summed E-state index contributed by atoms with van der Waals surface area (Å²) >= 11 is 0. The molecule has 1 rings (SSSR count). The molecule has 0 aromatic carbocycles. The van der Waals surface area contributed by atoms with Crippen molar-refractivity contribution in [1.29, 1.82) is 0 Å². The van der Waals surface area contributed by atoms with E-state index in [4.69, 9.17) is 14.2 Å². The standard InChI is InChI=1S/C11H23NO3/c1-13-8-9-14-6-3-7-15-10-11-4-2-5-12-11/h11-12H,2-10H2,1H3/t11-/m0/s1. The molecule has 0 radical (unpaired) electrons. The van der Waals surface area contributed by atoms with Gasteiger partial charge in [-0.25, -0.2) is 0 Å². The zero-order valence-electron chi connectivity index (χ0n) is 9.67. The second kappa shape index (κ2) is 9.09. The van der Waals surface area contributed by atoms with Crippen LogP contribution in [0.2, 0.25) is 0 Å². The minimum Gasteiger partial charge on any atom is -0.382 e. The third-order valence-corrected chi connectivity index (χ3v) is 2.49. The van der Waals surface area contributed by atoms with E-state index in [2.05, 4.69) is 5.32 Å². The predicted octanol–water partition coefficient (Wildman–Crippen LogP) is 0.808. The summed E-state index contributed by atoms with van der Waals surface area (Å²) in [7, 11) is 1.68. The minimum atomic E-state index is 0.583. The molecule has 0 bridgehead atoms. The summed E-state index contributed by atoms with van der Waals surface area (Å²) in [6, 6.07) is 0.583. The Hall–Kier alpha value is -0.160. The molecule has 15 heavy (non-hydrogen) atoms. The maximum Gasteiger partial charge on any atom is 0.0700 e. The smallest absolute Gasteiger partial charge is 0.0700 e. The monoisotopic (exact) mass is 217 g/mol. The molecule has 0 spiro atoms. The first-order valence-electron chi connectivity index (χ1n) is 5.81. The van der Waals surface area contributed by atoms with Crippen molar-refractivity contribution >= 4 is 0 Å². The van der Waals surface area contributed by atoms with Crippen LogP contribution in [-0.2, 0) is 14.2 Å². The average Bonchev–Trinajstić information content (AvgIpc) is 2.75. The lowest BCUT2D eigenvalue weighted by Crippen LogP contribution is -2.27. The van der Waals surface area contributed by atoms with E-state index < -0.39 is 0 Å². The Bertz CT molecular complexity index is 138. The summed E-state index contributed by atoms with van der Waals surface area (Å²) in [6.07, 6.45) is 3.51. The summed E-state index contributed by atoms with van der Waals surface area (Å²) in [5, 5.41) is 3.40. The van der Waals surface area contributed by atoms with E-state index in [1.165, 1.54) is 12.8 Å². The summed E-state index contributed by atoms with van der Waals surface area (Å²) < 4.78 is 15.7. The Balaban J connectivity index is 1.73. The van der Waals surface area contributed by atoms with E-state index in [9.17, 15) is 0 Å². The van der Waals surface area contributed by atoms with Crippen molar-refractivity contribution < 1.29 is 14.2 Å². The summed E-state index contributed by atoms with van der Waals surface area (Å²) in [4.78, 5) is 0. The lowest BCUT2D eigenvalue weighted by Gasteiger charge is -2.10. The van der Waals surface area contributed by atoms with Gasteiger partial charge in [-0.2, -0.15) is 0 Å². The van der Waals surface area contributed by atoms with Crippen molar-refractivity contribution in [2.24, 2.45) is 0 Å². The van der Waals surface area contributed by atoms with E-state index in [0.717, 1.165) is 32.8 Å². The Morgan fingerprint density at radius 2 is 2.00 bits per heavy atom. The first-order chi connectivity index (χ1) is 7.43. The van der Waals surface area contributed by atoms with Crippen molar-refractivity contribution in [1.82, 2.24) is 5.32 Å². The van der Waals surface area contributed by atoms with Gasteiger partial charge in [0.05, 0.1) is 19.8 Å². The molecule has 1 fully saturated rings. The van der Waals surface area contributed by atoms with Crippen molar-refractivity contribution in [2.75, 3.05) is 46.7 Å². The van der Waals surface area contributed by atoms with Crippen LogP contribution in [0.1, 0.15) is 19.3 Å². The molecule has 0 unspecified atom stereocenters. The Morgan fingerprint density at radius 1 is 1.13 bits per heavy atom. The van der Waals surface area contributed by atoms with Crippen LogP contribution in [0.3, 0.4) is 0 Å². The molecule has 0 aromatic rings. The fourth-order valence-corrected chi connectivity index (χ4v) is 1.63. The van der Waals surface area contributed by atoms with Gasteiger partial charge in [0.15, 0.2) is 0 Å². The topological polar surface area (TPSA) is 39.7 Å². The second-order valence-corrected chi connectivity index (χ2v) is 3.83. The summed E-state index contributed by atoms with van der Waals surface area (Å²) in [5.41, 5.74) is 0. The molecular formula is C11H23NO3. The molecule has 1 N–H and O–H groups in total. The molecule has 1 saturated heterocycles. The molecule has 0 amide bonds. The molecule has 90 valence electrons.